The van der Waals surface area contributed by atoms with E-state index in [1.54, 1.807) is 6.07 Å². The molecule has 2 heteroatoms. The summed E-state index contributed by atoms with van der Waals surface area (Å²) in [4.78, 5) is 0. The van der Waals surface area contributed by atoms with Gasteiger partial charge in [0.1, 0.15) is 0 Å². The first-order chi connectivity index (χ1) is 9.22. The minimum atomic E-state index is -0.727. The van der Waals surface area contributed by atoms with Gasteiger partial charge < -0.3 is 0 Å². The summed E-state index contributed by atoms with van der Waals surface area (Å²) in [6.07, 6.45) is 11.0. The highest BCUT2D eigenvalue weighted by Crippen LogP contribution is 2.29. The Morgan fingerprint density at radius 2 is 1.79 bits per heavy atom. The molecule has 0 aliphatic heterocycles. The molecule has 19 heavy (non-hydrogen) atoms. The van der Waals surface area contributed by atoms with Crippen molar-refractivity contribution in [3.8, 4) is 0 Å². The Morgan fingerprint density at radius 1 is 1.00 bits per heavy atom. The summed E-state index contributed by atoms with van der Waals surface area (Å²) in [5.74, 6) is -1.38. The third-order valence-electron chi connectivity index (χ3n) is 3.89. The predicted octanol–water partition coefficient (Wildman–Crippen LogP) is 5.65. The third-order valence-corrected chi connectivity index (χ3v) is 3.89. The van der Waals surface area contributed by atoms with Crippen molar-refractivity contribution in [2.45, 2.75) is 58.3 Å². The van der Waals surface area contributed by atoms with Crippen molar-refractivity contribution >= 4 is 6.08 Å². The fourth-order valence-electron chi connectivity index (χ4n) is 2.73. The van der Waals surface area contributed by atoms with Gasteiger partial charge in [0.15, 0.2) is 11.6 Å². The molecule has 0 saturated heterocycles. The van der Waals surface area contributed by atoms with Gasteiger partial charge in [-0.3, -0.25) is 0 Å². The Bertz CT molecular complexity index is 461. The molecule has 0 aromatic heterocycles. The van der Waals surface area contributed by atoms with Gasteiger partial charge in [-0.25, -0.2) is 8.78 Å². The molecular weight excluding hydrogens is 242 g/mol. The molecule has 0 atom stereocenters. The standard InChI is InChI=1S/C17H22F2/c1-2-3-4-5-6-7-13-8-10-15-14(12-13)9-11-16(18)17(15)19/h9,11-12H,2-8,10H2,1H3. The summed E-state index contributed by atoms with van der Waals surface area (Å²) < 4.78 is 26.7. The Hall–Kier alpha value is -1.18. The third kappa shape index (κ3) is 3.65. The molecule has 0 unspecified atom stereocenters. The van der Waals surface area contributed by atoms with Crippen LogP contribution >= 0.6 is 0 Å². The number of unbranched alkanes of at least 4 members (excludes halogenated alkanes) is 4. The average molecular weight is 264 g/mol. The molecule has 2 rings (SSSR count). The van der Waals surface area contributed by atoms with Crippen molar-refractivity contribution < 1.29 is 8.78 Å². The Morgan fingerprint density at radius 3 is 2.58 bits per heavy atom. The number of hydrogen-bond donors (Lipinski definition) is 0. The van der Waals surface area contributed by atoms with E-state index in [4.69, 9.17) is 0 Å². The fraction of sp³-hybridized carbons (Fsp3) is 0.529. The summed E-state index contributed by atoms with van der Waals surface area (Å²) in [6.45, 7) is 2.22. The quantitative estimate of drug-likeness (QED) is 0.582. The van der Waals surface area contributed by atoms with Gasteiger partial charge >= 0.3 is 0 Å². The smallest absolute Gasteiger partial charge is 0.162 e. The van der Waals surface area contributed by atoms with E-state index < -0.39 is 11.6 Å². The molecule has 0 fully saturated rings. The summed E-state index contributed by atoms with van der Waals surface area (Å²) >= 11 is 0. The van der Waals surface area contributed by atoms with Gasteiger partial charge in [0.05, 0.1) is 0 Å². The topological polar surface area (TPSA) is 0 Å². The van der Waals surface area contributed by atoms with E-state index in [-0.39, 0.29) is 0 Å². The summed E-state index contributed by atoms with van der Waals surface area (Å²) in [7, 11) is 0. The zero-order chi connectivity index (χ0) is 13.7. The van der Waals surface area contributed by atoms with E-state index in [1.165, 1.54) is 43.7 Å². The zero-order valence-corrected chi connectivity index (χ0v) is 11.6. The first-order valence-electron chi connectivity index (χ1n) is 7.38. The normalized spacial score (nSPS) is 14.2. The SMILES string of the molecule is CCCCCCCC1=Cc2ccc(F)c(F)c2CC1. The molecule has 104 valence electrons. The molecule has 0 bridgehead atoms. The summed E-state index contributed by atoms with van der Waals surface area (Å²) in [5, 5.41) is 0. The molecule has 0 saturated carbocycles. The molecule has 0 heterocycles. The monoisotopic (exact) mass is 264 g/mol. The van der Waals surface area contributed by atoms with Crippen molar-refractivity contribution in [2.24, 2.45) is 0 Å². The summed E-state index contributed by atoms with van der Waals surface area (Å²) in [5.41, 5.74) is 2.80. The second-order valence-corrected chi connectivity index (χ2v) is 5.40. The van der Waals surface area contributed by atoms with Crippen LogP contribution in [0.5, 0.6) is 0 Å². The summed E-state index contributed by atoms with van der Waals surface area (Å²) in [6, 6.07) is 2.93. The van der Waals surface area contributed by atoms with Crippen LogP contribution in [-0.4, -0.2) is 0 Å². The van der Waals surface area contributed by atoms with Crippen LogP contribution in [-0.2, 0) is 6.42 Å². The van der Waals surface area contributed by atoms with Gasteiger partial charge in [-0.15, -0.1) is 0 Å². The largest absolute Gasteiger partial charge is 0.204 e. The van der Waals surface area contributed by atoms with E-state index in [2.05, 4.69) is 13.0 Å². The second kappa shape index (κ2) is 6.83. The van der Waals surface area contributed by atoms with Gasteiger partial charge in [-0.05, 0) is 42.9 Å². The van der Waals surface area contributed by atoms with Gasteiger partial charge in [0.2, 0.25) is 0 Å². The maximum absolute atomic E-state index is 13.6. The van der Waals surface area contributed by atoms with Crippen LogP contribution in [0.25, 0.3) is 6.08 Å². The lowest BCUT2D eigenvalue weighted by atomic mass is 9.89. The van der Waals surface area contributed by atoms with Crippen molar-refractivity contribution in [2.75, 3.05) is 0 Å². The molecule has 1 aliphatic rings. The number of fused-ring (bicyclic) bond motifs is 1. The van der Waals surface area contributed by atoms with Crippen LogP contribution in [0.1, 0.15) is 63.0 Å². The maximum Gasteiger partial charge on any atom is 0.162 e. The Balaban J connectivity index is 1.94. The number of halogens is 2. The first kappa shape index (κ1) is 14.2. The highest BCUT2D eigenvalue weighted by Gasteiger charge is 2.16. The molecule has 0 nitrogen and oxygen atoms in total. The molecule has 1 aliphatic carbocycles. The van der Waals surface area contributed by atoms with Crippen LogP contribution in [0.3, 0.4) is 0 Å². The van der Waals surface area contributed by atoms with E-state index in [0.717, 1.165) is 18.4 Å². The van der Waals surface area contributed by atoms with Crippen molar-refractivity contribution in [3.05, 3.63) is 40.5 Å². The Labute approximate surface area is 114 Å². The highest BCUT2D eigenvalue weighted by atomic mass is 19.2. The molecule has 0 amide bonds. The first-order valence-corrected chi connectivity index (χ1v) is 7.38. The van der Waals surface area contributed by atoms with Gasteiger partial charge in [-0.1, -0.05) is 50.3 Å². The maximum atomic E-state index is 13.6. The van der Waals surface area contributed by atoms with Crippen LogP contribution in [0, 0.1) is 11.6 Å². The molecule has 1 aromatic rings. The van der Waals surface area contributed by atoms with Crippen LogP contribution in [0.15, 0.2) is 17.7 Å². The van der Waals surface area contributed by atoms with Crippen molar-refractivity contribution in [1.82, 2.24) is 0 Å². The molecule has 0 spiro atoms. The highest BCUT2D eigenvalue weighted by molar-refractivity contribution is 5.59. The molecule has 0 radical (unpaired) electrons. The fourth-order valence-corrected chi connectivity index (χ4v) is 2.73. The van der Waals surface area contributed by atoms with Crippen LogP contribution < -0.4 is 0 Å². The molecule has 0 N–H and O–H groups in total. The molecular formula is C17H22F2. The van der Waals surface area contributed by atoms with Gasteiger partial charge in [0, 0.05) is 0 Å². The van der Waals surface area contributed by atoms with Gasteiger partial charge in [-0.2, -0.15) is 0 Å². The predicted molar refractivity (Wildman–Crippen MR) is 76.0 cm³/mol. The minimum absolute atomic E-state index is 0.551. The lowest BCUT2D eigenvalue weighted by Gasteiger charge is -2.17. The Kier molecular flexibility index (Phi) is 5.12. The van der Waals surface area contributed by atoms with E-state index in [9.17, 15) is 8.78 Å². The molecule has 1 aromatic carbocycles. The van der Waals surface area contributed by atoms with Crippen LogP contribution in [0.4, 0.5) is 8.78 Å². The zero-order valence-electron chi connectivity index (χ0n) is 11.6. The number of rotatable bonds is 6. The number of benzene rings is 1. The minimum Gasteiger partial charge on any atom is -0.204 e. The lowest BCUT2D eigenvalue weighted by molar-refractivity contribution is 0.497. The number of allylic oxidation sites excluding steroid dienone is 1. The van der Waals surface area contributed by atoms with E-state index >= 15 is 0 Å². The van der Waals surface area contributed by atoms with Crippen molar-refractivity contribution in [1.29, 1.82) is 0 Å². The van der Waals surface area contributed by atoms with Gasteiger partial charge in [0.25, 0.3) is 0 Å². The average Bonchev–Trinajstić information content (AvgIpc) is 2.43. The van der Waals surface area contributed by atoms with E-state index in [1.807, 2.05) is 0 Å². The van der Waals surface area contributed by atoms with E-state index in [0.29, 0.717) is 12.0 Å². The lowest BCUT2D eigenvalue weighted by Crippen LogP contribution is -2.04. The van der Waals surface area contributed by atoms with Crippen molar-refractivity contribution in [3.63, 3.8) is 0 Å². The second-order valence-electron chi connectivity index (χ2n) is 5.40. The number of hydrogen-bond acceptors (Lipinski definition) is 0. The van der Waals surface area contributed by atoms with Crippen LogP contribution in [0.2, 0.25) is 0 Å².